The molecule has 18 heavy (non-hydrogen) atoms. The lowest BCUT2D eigenvalue weighted by atomic mass is 10.3. The topological polar surface area (TPSA) is 54.4 Å². The van der Waals surface area contributed by atoms with Gasteiger partial charge in [0.25, 0.3) is 0 Å². The molecule has 1 rings (SSSR count). The highest BCUT2D eigenvalue weighted by atomic mass is 79.9. The van der Waals surface area contributed by atoms with Gasteiger partial charge in [0.2, 0.25) is 0 Å². The van der Waals surface area contributed by atoms with Crippen LogP contribution in [0.2, 0.25) is 0 Å². The Labute approximate surface area is 121 Å². The smallest absolute Gasteiger partial charge is 0.179 e. The maximum atomic E-state index is 12.0. The summed E-state index contributed by atoms with van der Waals surface area (Å²) >= 11 is 4.74. The highest BCUT2D eigenvalue weighted by molar-refractivity contribution is 9.10. The molecular formula is C12H17BrO3S2. The van der Waals surface area contributed by atoms with Crippen LogP contribution in [0, 0.1) is 0 Å². The van der Waals surface area contributed by atoms with Crippen molar-refractivity contribution in [2.24, 2.45) is 0 Å². The number of thioether (sulfide) groups is 1. The highest BCUT2D eigenvalue weighted by Crippen LogP contribution is 2.19. The number of benzene rings is 1. The van der Waals surface area contributed by atoms with Gasteiger partial charge in [-0.25, -0.2) is 8.42 Å². The van der Waals surface area contributed by atoms with Crippen molar-refractivity contribution in [3.63, 3.8) is 0 Å². The van der Waals surface area contributed by atoms with Crippen LogP contribution in [0.1, 0.15) is 13.8 Å². The van der Waals surface area contributed by atoms with Crippen molar-refractivity contribution in [2.45, 2.75) is 30.1 Å². The third-order valence-corrected chi connectivity index (χ3v) is 6.46. The summed E-state index contributed by atoms with van der Waals surface area (Å²) in [4.78, 5) is 0.344. The second-order valence-electron chi connectivity index (χ2n) is 4.09. The molecule has 6 heteroatoms. The zero-order valence-electron chi connectivity index (χ0n) is 10.3. The summed E-state index contributed by atoms with van der Waals surface area (Å²) in [7, 11) is -3.22. The van der Waals surface area contributed by atoms with Crippen LogP contribution >= 0.6 is 27.7 Å². The molecule has 0 fully saturated rings. The number of aliphatic hydroxyl groups is 1. The van der Waals surface area contributed by atoms with Crippen molar-refractivity contribution >= 4 is 37.5 Å². The van der Waals surface area contributed by atoms with E-state index in [-0.39, 0.29) is 11.0 Å². The SMILES string of the molecule is CC(O)C(C)SCCS(=O)(=O)c1ccc(Br)cc1. The minimum atomic E-state index is -3.22. The van der Waals surface area contributed by atoms with E-state index in [9.17, 15) is 13.5 Å². The molecule has 0 spiro atoms. The Morgan fingerprint density at radius 2 is 1.83 bits per heavy atom. The molecule has 2 unspecified atom stereocenters. The summed E-state index contributed by atoms with van der Waals surface area (Å²) < 4.78 is 24.9. The van der Waals surface area contributed by atoms with Gasteiger partial charge in [0.1, 0.15) is 0 Å². The molecule has 0 heterocycles. The molecule has 0 amide bonds. The number of aliphatic hydroxyl groups excluding tert-OH is 1. The van der Waals surface area contributed by atoms with Crippen LogP contribution in [0.15, 0.2) is 33.6 Å². The van der Waals surface area contributed by atoms with E-state index >= 15 is 0 Å². The van der Waals surface area contributed by atoms with Gasteiger partial charge in [0.15, 0.2) is 9.84 Å². The molecule has 0 bridgehead atoms. The largest absolute Gasteiger partial charge is 0.392 e. The van der Waals surface area contributed by atoms with Crippen molar-refractivity contribution < 1.29 is 13.5 Å². The third-order valence-electron chi connectivity index (χ3n) is 2.58. The van der Waals surface area contributed by atoms with Crippen molar-refractivity contribution in [3.8, 4) is 0 Å². The van der Waals surface area contributed by atoms with Gasteiger partial charge >= 0.3 is 0 Å². The molecule has 0 aliphatic heterocycles. The van der Waals surface area contributed by atoms with E-state index < -0.39 is 15.9 Å². The van der Waals surface area contributed by atoms with E-state index in [1.807, 2.05) is 6.92 Å². The number of hydrogen-bond donors (Lipinski definition) is 1. The van der Waals surface area contributed by atoms with Crippen molar-refractivity contribution in [1.82, 2.24) is 0 Å². The lowest BCUT2D eigenvalue weighted by molar-refractivity contribution is 0.196. The van der Waals surface area contributed by atoms with Gasteiger partial charge in [-0.05, 0) is 31.2 Å². The first-order chi connectivity index (χ1) is 8.33. The summed E-state index contributed by atoms with van der Waals surface area (Å²) in [6, 6.07) is 6.64. The molecule has 0 saturated heterocycles. The molecule has 1 N–H and O–H groups in total. The molecule has 2 atom stereocenters. The molecule has 0 aliphatic carbocycles. The molecule has 0 aromatic heterocycles. The predicted molar refractivity (Wildman–Crippen MR) is 79.8 cm³/mol. The fourth-order valence-corrected chi connectivity index (χ4v) is 4.21. The Bertz CT molecular complexity index is 469. The van der Waals surface area contributed by atoms with Crippen LogP contribution in [0.3, 0.4) is 0 Å². The summed E-state index contributed by atoms with van der Waals surface area (Å²) in [5, 5.41) is 9.37. The molecule has 0 aliphatic rings. The molecule has 3 nitrogen and oxygen atoms in total. The van der Waals surface area contributed by atoms with Gasteiger partial charge in [-0.3, -0.25) is 0 Å². The van der Waals surface area contributed by atoms with Gasteiger partial charge in [0.05, 0.1) is 16.8 Å². The van der Waals surface area contributed by atoms with Crippen LogP contribution in [0.5, 0.6) is 0 Å². The van der Waals surface area contributed by atoms with Gasteiger partial charge in [-0.2, -0.15) is 11.8 Å². The second-order valence-corrected chi connectivity index (χ2v) is 8.60. The monoisotopic (exact) mass is 352 g/mol. The van der Waals surface area contributed by atoms with Crippen molar-refractivity contribution in [1.29, 1.82) is 0 Å². The summed E-state index contributed by atoms with van der Waals surface area (Å²) in [5.74, 6) is 0.584. The first-order valence-electron chi connectivity index (χ1n) is 5.61. The minimum absolute atomic E-state index is 0.0464. The molecule has 0 radical (unpaired) electrons. The van der Waals surface area contributed by atoms with Crippen LogP contribution in [-0.2, 0) is 9.84 Å². The molecule has 1 aromatic rings. The summed E-state index contributed by atoms with van der Waals surface area (Å²) in [5.41, 5.74) is 0. The second kappa shape index (κ2) is 6.93. The number of halogens is 1. The predicted octanol–water partition coefficient (Wildman–Crippen LogP) is 2.73. The number of hydrogen-bond acceptors (Lipinski definition) is 4. The van der Waals surface area contributed by atoms with E-state index in [2.05, 4.69) is 15.9 Å². The number of rotatable bonds is 6. The van der Waals surface area contributed by atoms with E-state index in [1.54, 1.807) is 31.2 Å². The average Bonchev–Trinajstić information content (AvgIpc) is 2.29. The lowest BCUT2D eigenvalue weighted by Crippen LogP contribution is -2.18. The minimum Gasteiger partial charge on any atom is -0.392 e. The summed E-state index contributed by atoms with van der Waals surface area (Å²) in [6.07, 6.45) is -0.426. The van der Waals surface area contributed by atoms with E-state index in [0.717, 1.165) is 4.47 Å². The Kier molecular flexibility index (Phi) is 6.17. The zero-order chi connectivity index (χ0) is 13.8. The molecule has 0 saturated carbocycles. The van der Waals surface area contributed by atoms with Gasteiger partial charge in [-0.1, -0.05) is 22.9 Å². The van der Waals surface area contributed by atoms with Crippen molar-refractivity contribution in [2.75, 3.05) is 11.5 Å². The normalized spacial score (nSPS) is 15.3. The molecule has 1 aromatic carbocycles. The number of sulfone groups is 1. The maximum Gasteiger partial charge on any atom is 0.179 e. The molecular weight excluding hydrogens is 336 g/mol. The quantitative estimate of drug-likeness (QED) is 0.855. The van der Waals surface area contributed by atoms with Crippen LogP contribution in [-0.4, -0.2) is 36.4 Å². The van der Waals surface area contributed by atoms with Crippen LogP contribution < -0.4 is 0 Å². The van der Waals surface area contributed by atoms with Gasteiger partial charge < -0.3 is 5.11 Å². The standard InChI is InChI=1S/C12H17BrO3S2/c1-9(14)10(2)17-7-8-18(15,16)12-5-3-11(13)4-6-12/h3-6,9-10,14H,7-8H2,1-2H3. The van der Waals surface area contributed by atoms with E-state index in [0.29, 0.717) is 10.6 Å². The van der Waals surface area contributed by atoms with Gasteiger partial charge in [-0.15, -0.1) is 0 Å². The first-order valence-corrected chi connectivity index (χ1v) is 9.10. The van der Waals surface area contributed by atoms with Crippen LogP contribution in [0.25, 0.3) is 0 Å². The maximum absolute atomic E-state index is 12.0. The van der Waals surface area contributed by atoms with E-state index in [4.69, 9.17) is 0 Å². The first kappa shape index (κ1) is 16.0. The fraction of sp³-hybridized carbons (Fsp3) is 0.500. The lowest BCUT2D eigenvalue weighted by Gasteiger charge is -2.13. The highest BCUT2D eigenvalue weighted by Gasteiger charge is 2.16. The van der Waals surface area contributed by atoms with Crippen LogP contribution in [0.4, 0.5) is 0 Å². The van der Waals surface area contributed by atoms with Gasteiger partial charge in [0, 0.05) is 15.5 Å². The summed E-state index contributed by atoms with van der Waals surface area (Å²) in [6.45, 7) is 3.60. The average molecular weight is 353 g/mol. The fourth-order valence-electron chi connectivity index (χ4n) is 1.24. The third kappa shape index (κ3) is 4.91. The zero-order valence-corrected chi connectivity index (χ0v) is 13.6. The Balaban J connectivity index is 2.58. The Morgan fingerprint density at radius 3 is 2.33 bits per heavy atom. The molecule has 102 valence electrons. The van der Waals surface area contributed by atoms with E-state index in [1.165, 1.54) is 11.8 Å². The van der Waals surface area contributed by atoms with Crippen molar-refractivity contribution in [3.05, 3.63) is 28.7 Å². The Morgan fingerprint density at radius 1 is 1.28 bits per heavy atom. The Hall–Kier alpha value is -0.0400.